The summed E-state index contributed by atoms with van der Waals surface area (Å²) in [5, 5.41) is 7.50. The molecule has 0 aliphatic heterocycles. The number of carbonyl (C=O) groups excluding carboxylic acids is 1. The SMILES string of the molecule is COC(=O)CCCN(c1cnc2c(c1)nc(-c1ccc(C(=N)N)cc1)n2C)S(C)(=O)=O. The second-order valence-corrected chi connectivity index (χ2v) is 8.94. The number of nitrogens with one attached hydrogen (secondary N) is 1. The van der Waals surface area contributed by atoms with E-state index in [2.05, 4.69) is 14.7 Å². The van der Waals surface area contributed by atoms with Crippen LogP contribution in [0.1, 0.15) is 18.4 Å². The minimum atomic E-state index is -3.58. The van der Waals surface area contributed by atoms with Crippen LogP contribution in [0.5, 0.6) is 0 Å². The Balaban J connectivity index is 1.95. The number of rotatable bonds is 8. The summed E-state index contributed by atoms with van der Waals surface area (Å²) in [5.74, 6) is 0.231. The van der Waals surface area contributed by atoms with Crippen LogP contribution in [0.3, 0.4) is 0 Å². The van der Waals surface area contributed by atoms with Gasteiger partial charge in [-0.1, -0.05) is 24.3 Å². The van der Waals surface area contributed by atoms with Gasteiger partial charge in [-0.15, -0.1) is 0 Å². The summed E-state index contributed by atoms with van der Waals surface area (Å²) >= 11 is 0. The second kappa shape index (κ2) is 8.72. The van der Waals surface area contributed by atoms with Crippen molar-refractivity contribution in [2.24, 2.45) is 12.8 Å². The Bertz CT molecular complexity index is 1230. The molecule has 0 spiro atoms. The molecule has 3 N–H and O–H groups in total. The minimum absolute atomic E-state index is 0.0177. The van der Waals surface area contributed by atoms with E-state index in [9.17, 15) is 13.2 Å². The highest BCUT2D eigenvalue weighted by Crippen LogP contribution is 2.27. The van der Waals surface area contributed by atoms with Gasteiger partial charge in [0.25, 0.3) is 0 Å². The molecule has 0 aliphatic rings. The van der Waals surface area contributed by atoms with Gasteiger partial charge in [-0.05, 0) is 12.5 Å². The van der Waals surface area contributed by atoms with Crippen molar-refractivity contribution in [1.82, 2.24) is 14.5 Å². The molecule has 11 heteroatoms. The second-order valence-electron chi connectivity index (χ2n) is 7.04. The van der Waals surface area contributed by atoms with Crippen molar-refractivity contribution in [1.29, 1.82) is 5.41 Å². The summed E-state index contributed by atoms with van der Waals surface area (Å²) in [4.78, 5) is 20.4. The van der Waals surface area contributed by atoms with E-state index in [4.69, 9.17) is 11.1 Å². The topological polar surface area (TPSA) is 144 Å². The smallest absolute Gasteiger partial charge is 0.305 e. The Morgan fingerprint density at radius 1 is 1.29 bits per heavy atom. The molecule has 2 heterocycles. The highest BCUT2D eigenvalue weighted by atomic mass is 32.2. The van der Waals surface area contributed by atoms with Crippen molar-refractivity contribution in [2.45, 2.75) is 12.8 Å². The first-order valence-electron chi connectivity index (χ1n) is 9.43. The molecule has 0 atom stereocenters. The number of carbonyl (C=O) groups is 1. The van der Waals surface area contributed by atoms with E-state index in [1.165, 1.54) is 17.6 Å². The van der Waals surface area contributed by atoms with Crippen molar-refractivity contribution < 1.29 is 17.9 Å². The van der Waals surface area contributed by atoms with Crippen LogP contribution < -0.4 is 10.0 Å². The fourth-order valence-corrected chi connectivity index (χ4v) is 4.16. The molecule has 31 heavy (non-hydrogen) atoms. The number of methoxy groups -OCH3 is 1. The van der Waals surface area contributed by atoms with Crippen LogP contribution in [0.2, 0.25) is 0 Å². The van der Waals surface area contributed by atoms with Gasteiger partial charge >= 0.3 is 5.97 Å². The molecule has 3 rings (SSSR count). The normalized spacial score (nSPS) is 11.5. The number of aryl methyl sites for hydroxylation is 1. The van der Waals surface area contributed by atoms with E-state index >= 15 is 0 Å². The lowest BCUT2D eigenvalue weighted by Gasteiger charge is -2.21. The number of hydrogen-bond donors (Lipinski definition) is 2. The maximum Gasteiger partial charge on any atom is 0.305 e. The van der Waals surface area contributed by atoms with Crippen LogP contribution >= 0.6 is 0 Å². The molecule has 0 unspecified atom stereocenters. The standard InChI is InChI=1S/C20H24N6O4S/c1-25-19(14-8-6-13(7-9-14)18(21)22)24-16-11-15(12-23-20(16)25)26(31(3,28)29)10-4-5-17(27)30-2/h6-9,11-12H,4-5,10H2,1-3H3,(H3,21,22). The molecule has 0 bridgehead atoms. The van der Waals surface area contributed by atoms with Crippen LogP contribution in [0.15, 0.2) is 36.5 Å². The number of nitrogens with two attached hydrogens (primary N) is 1. The van der Waals surface area contributed by atoms with Gasteiger partial charge in [-0.3, -0.25) is 14.5 Å². The summed E-state index contributed by atoms with van der Waals surface area (Å²) in [5.41, 5.74) is 8.43. The monoisotopic (exact) mass is 444 g/mol. The molecule has 0 saturated carbocycles. The van der Waals surface area contributed by atoms with Gasteiger partial charge in [-0.25, -0.2) is 18.4 Å². The molecular weight excluding hydrogens is 420 g/mol. The van der Waals surface area contributed by atoms with E-state index in [0.717, 1.165) is 11.8 Å². The van der Waals surface area contributed by atoms with Crippen LogP contribution in [-0.4, -0.2) is 54.7 Å². The number of nitrogen functional groups attached to an aromatic ring is 1. The zero-order valence-corrected chi connectivity index (χ0v) is 18.3. The van der Waals surface area contributed by atoms with Gasteiger partial charge in [-0.2, -0.15) is 0 Å². The fraction of sp³-hybridized carbons (Fsp3) is 0.300. The van der Waals surface area contributed by atoms with Crippen molar-refractivity contribution in [2.75, 3.05) is 24.2 Å². The van der Waals surface area contributed by atoms with Gasteiger partial charge < -0.3 is 15.0 Å². The predicted molar refractivity (Wildman–Crippen MR) is 118 cm³/mol. The number of nitrogens with zero attached hydrogens (tertiary/aromatic N) is 4. The molecule has 164 valence electrons. The quantitative estimate of drug-likeness (QED) is 0.305. The largest absolute Gasteiger partial charge is 0.469 e. The number of aromatic nitrogens is 3. The van der Waals surface area contributed by atoms with Crippen molar-refractivity contribution in [3.63, 3.8) is 0 Å². The molecule has 3 aromatic rings. The Morgan fingerprint density at radius 3 is 2.55 bits per heavy atom. The number of esters is 1. The third kappa shape index (κ3) is 4.82. The molecule has 10 nitrogen and oxygen atoms in total. The summed E-state index contributed by atoms with van der Waals surface area (Å²) in [6.07, 6.45) is 3.01. The maximum absolute atomic E-state index is 12.3. The first-order chi connectivity index (χ1) is 14.6. The van der Waals surface area contributed by atoms with E-state index in [0.29, 0.717) is 34.7 Å². The minimum Gasteiger partial charge on any atom is -0.469 e. The highest BCUT2D eigenvalue weighted by Gasteiger charge is 2.20. The molecule has 0 saturated heterocycles. The van der Waals surface area contributed by atoms with Gasteiger partial charge in [0.15, 0.2) is 5.65 Å². The lowest BCUT2D eigenvalue weighted by Crippen LogP contribution is -2.31. The zero-order chi connectivity index (χ0) is 22.8. The van der Waals surface area contributed by atoms with Gasteiger partial charge in [0.05, 0.1) is 25.2 Å². The number of sulfonamides is 1. The maximum atomic E-state index is 12.3. The average Bonchev–Trinajstić information content (AvgIpc) is 3.06. The Hall–Kier alpha value is -3.47. The van der Waals surface area contributed by atoms with Crippen LogP contribution in [-0.2, 0) is 26.6 Å². The van der Waals surface area contributed by atoms with Crippen molar-refractivity contribution in [3.05, 3.63) is 42.1 Å². The molecular formula is C20H24N6O4S. The summed E-state index contributed by atoms with van der Waals surface area (Å²) in [6, 6.07) is 8.77. The van der Waals surface area contributed by atoms with E-state index < -0.39 is 16.0 Å². The predicted octanol–water partition coefficient (Wildman–Crippen LogP) is 1.64. The molecule has 0 radical (unpaired) electrons. The zero-order valence-electron chi connectivity index (χ0n) is 17.5. The first-order valence-corrected chi connectivity index (χ1v) is 11.3. The van der Waals surface area contributed by atoms with Crippen LogP contribution in [0.25, 0.3) is 22.6 Å². The number of imidazole rings is 1. The number of benzene rings is 1. The molecule has 2 aromatic heterocycles. The molecule has 1 aromatic carbocycles. The van der Waals surface area contributed by atoms with Crippen molar-refractivity contribution >= 4 is 38.7 Å². The molecule has 0 fully saturated rings. The third-order valence-corrected chi connectivity index (χ3v) is 6.00. The number of pyridine rings is 1. The van der Waals surface area contributed by atoms with Crippen molar-refractivity contribution in [3.8, 4) is 11.4 Å². The number of anilines is 1. The summed E-state index contributed by atoms with van der Waals surface area (Å²) < 4.78 is 32.3. The highest BCUT2D eigenvalue weighted by molar-refractivity contribution is 7.92. The van der Waals surface area contributed by atoms with Gasteiger partial charge in [0.2, 0.25) is 10.0 Å². The number of hydrogen-bond acceptors (Lipinski definition) is 7. The van der Waals surface area contributed by atoms with Gasteiger partial charge in [0.1, 0.15) is 17.2 Å². The lowest BCUT2D eigenvalue weighted by atomic mass is 10.1. The van der Waals surface area contributed by atoms with E-state index in [1.54, 1.807) is 18.2 Å². The Morgan fingerprint density at radius 2 is 1.97 bits per heavy atom. The average molecular weight is 445 g/mol. The summed E-state index contributed by atoms with van der Waals surface area (Å²) in [7, 11) is -0.472. The number of fused-ring (bicyclic) bond motifs is 1. The Labute approximate surface area is 180 Å². The fourth-order valence-electron chi connectivity index (χ4n) is 3.21. The Kier molecular flexibility index (Phi) is 6.25. The van der Waals surface area contributed by atoms with E-state index in [1.807, 2.05) is 23.7 Å². The molecule has 0 aliphatic carbocycles. The third-order valence-electron chi connectivity index (χ3n) is 4.81. The number of ether oxygens (including phenoxy) is 1. The first kappa shape index (κ1) is 22.2. The number of amidine groups is 1. The molecule has 0 amide bonds. The summed E-state index contributed by atoms with van der Waals surface area (Å²) in [6.45, 7) is 0.118. The van der Waals surface area contributed by atoms with Crippen LogP contribution in [0, 0.1) is 5.41 Å². The van der Waals surface area contributed by atoms with Crippen LogP contribution in [0.4, 0.5) is 5.69 Å². The van der Waals surface area contributed by atoms with E-state index in [-0.39, 0.29) is 18.8 Å². The lowest BCUT2D eigenvalue weighted by molar-refractivity contribution is -0.140. The van der Waals surface area contributed by atoms with Gasteiger partial charge in [0, 0.05) is 31.1 Å².